The van der Waals surface area contributed by atoms with E-state index in [1.54, 1.807) is 0 Å². The molecule has 2 nitrogen and oxygen atoms in total. The maximum atomic E-state index is 6.93. The van der Waals surface area contributed by atoms with Crippen LogP contribution in [-0.2, 0) is 0 Å². The van der Waals surface area contributed by atoms with Gasteiger partial charge < -0.3 is 9.32 Å². The molecule has 10 rings (SSSR count). The highest BCUT2D eigenvalue weighted by Gasteiger charge is 2.22. The van der Waals surface area contributed by atoms with Gasteiger partial charge >= 0.3 is 0 Å². The zero-order valence-corrected chi connectivity index (χ0v) is 29.6. The molecule has 1 heterocycles. The molecule has 2 heteroatoms. The van der Waals surface area contributed by atoms with Crippen molar-refractivity contribution in [2.24, 2.45) is 0 Å². The summed E-state index contributed by atoms with van der Waals surface area (Å²) in [6.07, 6.45) is 0. The first kappa shape index (κ1) is 31.6. The molecule has 0 aliphatic rings. The van der Waals surface area contributed by atoms with Gasteiger partial charge in [0.2, 0.25) is 0 Å². The molecule has 0 aliphatic carbocycles. The van der Waals surface area contributed by atoms with Gasteiger partial charge in [0.25, 0.3) is 0 Å². The van der Waals surface area contributed by atoms with E-state index in [0.717, 1.165) is 50.0 Å². The van der Waals surface area contributed by atoms with Crippen molar-refractivity contribution in [2.45, 2.75) is 0 Å². The quantitative estimate of drug-likeness (QED) is 0.166. The third-order valence-electron chi connectivity index (χ3n) is 10.5. The average Bonchev–Trinajstić information content (AvgIpc) is 3.65. The van der Waals surface area contributed by atoms with Crippen LogP contribution in [0.2, 0.25) is 0 Å². The second-order valence-corrected chi connectivity index (χ2v) is 13.7. The normalized spacial score (nSPS) is 11.3. The monoisotopic (exact) mass is 689 g/mol. The van der Waals surface area contributed by atoms with E-state index >= 15 is 0 Å². The number of anilines is 3. The molecule has 0 saturated heterocycles. The first-order valence-corrected chi connectivity index (χ1v) is 18.4. The lowest BCUT2D eigenvalue weighted by Gasteiger charge is -2.26. The summed E-state index contributed by atoms with van der Waals surface area (Å²) in [6.45, 7) is 0. The predicted molar refractivity (Wildman–Crippen MR) is 228 cm³/mol. The second-order valence-electron chi connectivity index (χ2n) is 13.7. The molecule has 0 amide bonds. The van der Waals surface area contributed by atoms with E-state index in [-0.39, 0.29) is 0 Å². The van der Waals surface area contributed by atoms with E-state index in [9.17, 15) is 0 Å². The Morgan fingerprint density at radius 1 is 0.315 bits per heavy atom. The minimum atomic E-state index is 0.861. The zero-order chi connectivity index (χ0) is 35.8. The highest BCUT2D eigenvalue weighted by atomic mass is 16.3. The van der Waals surface area contributed by atoms with E-state index < -0.39 is 0 Å². The maximum absolute atomic E-state index is 6.93. The van der Waals surface area contributed by atoms with Crippen molar-refractivity contribution >= 4 is 49.8 Å². The molecule has 0 bridgehead atoms. The molecule has 10 aromatic rings. The lowest BCUT2D eigenvalue weighted by atomic mass is 9.97. The van der Waals surface area contributed by atoms with Crippen molar-refractivity contribution in [1.82, 2.24) is 0 Å². The van der Waals surface area contributed by atoms with Crippen LogP contribution in [0.5, 0.6) is 0 Å². The zero-order valence-electron chi connectivity index (χ0n) is 29.6. The molecule has 0 spiro atoms. The summed E-state index contributed by atoms with van der Waals surface area (Å²) in [7, 11) is 0. The van der Waals surface area contributed by atoms with Gasteiger partial charge in [0.15, 0.2) is 5.58 Å². The van der Waals surface area contributed by atoms with Crippen LogP contribution in [0, 0.1) is 0 Å². The standard InChI is InChI=1S/C52H35NO/c1-4-12-36(13-5-1)39-20-22-42(23-21-39)43-28-33-50-48(34-43)51-47-19-11-10-18-44(47)35-49(52(51)54-50)53(45-29-24-40(25-30-45)37-14-6-2-7-15-37)46-31-26-41(27-32-46)38-16-8-3-9-17-38/h1-35H. The van der Waals surface area contributed by atoms with Crippen LogP contribution >= 0.6 is 0 Å². The lowest BCUT2D eigenvalue weighted by molar-refractivity contribution is 0.669. The fourth-order valence-electron chi connectivity index (χ4n) is 7.73. The van der Waals surface area contributed by atoms with Gasteiger partial charge in [-0.1, -0.05) is 170 Å². The summed E-state index contributed by atoms with van der Waals surface area (Å²) in [4.78, 5) is 2.34. The Kier molecular flexibility index (Phi) is 7.85. The van der Waals surface area contributed by atoms with Crippen molar-refractivity contribution < 1.29 is 4.42 Å². The first-order valence-electron chi connectivity index (χ1n) is 18.4. The van der Waals surface area contributed by atoms with Crippen LogP contribution < -0.4 is 4.90 Å². The largest absolute Gasteiger partial charge is 0.454 e. The third-order valence-corrected chi connectivity index (χ3v) is 10.5. The van der Waals surface area contributed by atoms with E-state index in [4.69, 9.17) is 4.42 Å². The van der Waals surface area contributed by atoms with Gasteiger partial charge in [0, 0.05) is 22.1 Å². The summed E-state index contributed by atoms with van der Waals surface area (Å²) in [5, 5.41) is 4.55. The Labute approximate surface area is 314 Å². The van der Waals surface area contributed by atoms with Gasteiger partial charge in [-0.15, -0.1) is 0 Å². The van der Waals surface area contributed by atoms with Crippen LogP contribution in [0.15, 0.2) is 217 Å². The molecular weight excluding hydrogens is 655 g/mol. The van der Waals surface area contributed by atoms with Gasteiger partial charge in [0.05, 0.1) is 5.69 Å². The van der Waals surface area contributed by atoms with Crippen molar-refractivity contribution in [1.29, 1.82) is 0 Å². The first-order chi connectivity index (χ1) is 26.8. The van der Waals surface area contributed by atoms with Gasteiger partial charge in [0.1, 0.15) is 5.58 Å². The molecule has 0 atom stereocenters. The Bertz CT molecular complexity index is 2790. The van der Waals surface area contributed by atoms with E-state index in [1.165, 1.54) is 44.3 Å². The highest BCUT2D eigenvalue weighted by molar-refractivity contribution is 6.23. The van der Waals surface area contributed by atoms with Gasteiger partial charge in [-0.05, 0) is 97.7 Å². The molecule has 0 aliphatic heterocycles. The van der Waals surface area contributed by atoms with Crippen LogP contribution in [0.25, 0.3) is 77.2 Å². The Hall–Kier alpha value is -7.16. The summed E-state index contributed by atoms with van der Waals surface area (Å²) < 4.78 is 6.93. The molecular formula is C52H35NO. The van der Waals surface area contributed by atoms with Crippen LogP contribution in [0.4, 0.5) is 17.1 Å². The van der Waals surface area contributed by atoms with Gasteiger partial charge in [-0.25, -0.2) is 0 Å². The van der Waals surface area contributed by atoms with Crippen LogP contribution in [0.1, 0.15) is 0 Å². The summed E-state index contributed by atoms with van der Waals surface area (Å²) >= 11 is 0. The van der Waals surface area contributed by atoms with Crippen molar-refractivity contribution in [3.8, 4) is 44.5 Å². The topological polar surface area (TPSA) is 16.4 Å². The van der Waals surface area contributed by atoms with Crippen molar-refractivity contribution in [3.63, 3.8) is 0 Å². The van der Waals surface area contributed by atoms with E-state index in [1.807, 2.05) is 0 Å². The Morgan fingerprint density at radius 2 is 0.722 bits per heavy atom. The number of nitrogens with zero attached hydrogens (tertiary/aromatic N) is 1. The lowest BCUT2D eigenvalue weighted by Crippen LogP contribution is -2.10. The highest BCUT2D eigenvalue weighted by Crippen LogP contribution is 2.46. The molecule has 254 valence electrons. The SMILES string of the molecule is c1ccc(-c2ccc(-c3ccc4oc5c(N(c6ccc(-c7ccccc7)cc6)c6ccc(-c7ccccc7)cc6)cc6ccccc6c5c4c3)cc2)cc1. The number of fused-ring (bicyclic) bond motifs is 5. The molecule has 0 fully saturated rings. The third kappa shape index (κ3) is 5.71. The number of hydrogen-bond acceptors (Lipinski definition) is 2. The number of hydrogen-bond donors (Lipinski definition) is 0. The van der Waals surface area contributed by atoms with Crippen molar-refractivity contribution in [3.05, 3.63) is 212 Å². The molecule has 0 N–H and O–H groups in total. The number of rotatable bonds is 7. The fourth-order valence-corrected chi connectivity index (χ4v) is 7.73. The maximum Gasteiger partial charge on any atom is 0.160 e. The molecule has 1 aromatic heterocycles. The second kappa shape index (κ2) is 13.4. The van der Waals surface area contributed by atoms with Crippen molar-refractivity contribution in [2.75, 3.05) is 4.90 Å². The summed E-state index contributed by atoms with van der Waals surface area (Å²) in [5.74, 6) is 0. The molecule has 9 aromatic carbocycles. The number of furan rings is 1. The minimum Gasteiger partial charge on any atom is -0.454 e. The smallest absolute Gasteiger partial charge is 0.160 e. The van der Waals surface area contributed by atoms with E-state index in [0.29, 0.717) is 0 Å². The molecule has 54 heavy (non-hydrogen) atoms. The molecule has 0 unspecified atom stereocenters. The van der Waals surface area contributed by atoms with Gasteiger partial charge in [-0.3, -0.25) is 0 Å². The fraction of sp³-hybridized carbons (Fsp3) is 0. The Morgan fingerprint density at radius 3 is 1.24 bits per heavy atom. The van der Waals surface area contributed by atoms with Crippen LogP contribution in [-0.4, -0.2) is 0 Å². The van der Waals surface area contributed by atoms with E-state index in [2.05, 4.69) is 217 Å². The molecule has 0 saturated carbocycles. The molecule has 0 radical (unpaired) electrons. The Balaban J connectivity index is 1.15. The number of benzene rings is 9. The predicted octanol–water partition coefficient (Wildman–Crippen LogP) is 14.9. The average molecular weight is 690 g/mol. The summed E-state index contributed by atoms with van der Waals surface area (Å²) in [5.41, 5.74) is 14.3. The summed E-state index contributed by atoms with van der Waals surface area (Å²) in [6, 6.07) is 75.7. The van der Waals surface area contributed by atoms with Gasteiger partial charge in [-0.2, -0.15) is 0 Å². The van der Waals surface area contributed by atoms with Crippen LogP contribution in [0.3, 0.4) is 0 Å². The minimum absolute atomic E-state index is 0.861.